The third-order valence-electron chi connectivity index (χ3n) is 7.15. The van der Waals surface area contributed by atoms with Crippen molar-refractivity contribution in [1.82, 2.24) is 0 Å². The first-order valence-electron chi connectivity index (χ1n) is 12.1. The van der Waals surface area contributed by atoms with Gasteiger partial charge in [0.2, 0.25) is 0 Å². The smallest absolute Gasteiger partial charge is 0.328 e. The summed E-state index contributed by atoms with van der Waals surface area (Å²) in [6.45, 7) is 0. The lowest BCUT2D eigenvalue weighted by Crippen LogP contribution is -2.48. The van der Waals surface area contributed by atoms with Gasteiger partial charge < -0.3 is 14.2 Å². The molecule has 3 aromatic rings. The summed E-state index contributed by atoms with van der Waals surface area (Å²) in [5.74, 6) is -2.63. The van der Waals surface area contributed by atoms with Crippen LogP contribution in [0.15, 0.2) is 91.0 Å². The lowest BCUT2D eigenvalue weighted by Gasteiger charge is -2.36. The average molecular weight is 513 g/mol. The predicted molar refractivity (Wildman–Crippen MR) is 140 cm³/mol. The van der Waals surface area contributed by atoms with E-state index in [2.05, 4.69) is 0 Å². The topological polar surface area (TPSA) is 96.0 Å². The quantitative estimate of drug-likeness (QED) is 0.262. The lowest BCUT2D eigenvalue weighted by molar-refractivity contribution is -0.162. The molecule has 1 unspecified atom stereocenters. The largest absolute Gasteiger partial charge is 0.468 e. The lowest BCUT2D eigenvalue weighted by atomic mass is 9.64. The fraction of sp³-hybridized carbons (Fsp3) is 0.226. The van der Waals surface area contributed by atoms with Gasteiger partial charge in [-0.3, -0.25) is 19.2 Å². The minimum Gasteiger partial charge on any atom is -0.468 e. The summed E-state index contributed by atoms with van der Waals surface area (Å²) >= 11 is 0. The highest BCUT2D eigenvalue weighted by Crippen LogP contribution is 2.46. The van der Waals surface area contributed by atoms with Crippen LogP contribution in [0.25, 0.3) is 5.57 Å². The summed E-state index contributed by atoms with van der Waals surface area (Å²) < 4.78 is 15.3. The Bertz CT molecular complexity index is 1380. The van der Waals surface area contributed by atoms with Gasteiger partial charge in [-0.1, -0.05) is 91.0 Å². The van der Waals surface area contributed by atoms with Crippen LogP contribution < -0.4 is 0 Å². The number of ketones is 1. The summed E-state index contributed by atoms with van der Waals surface area (Å²) in [6.07, 6.45) is 1.57. The normalized spacial score (nSPS) is 17.9. The van der Waals surface area contributed by atoms with Crippen LogP contribution in [0.1, 0.15) is 39.9 Å². The van der Waals surface area contributed by atoms with Crippen LogP contribution in [0.4, 0.5) is 0 Å². The Labute approximate surface area is 221 Å². The van der Waals surface area contributed by atoms with Crippen LogP contribution in [0, 0.1) is 0 Å². The molecule has 0 amide bonds. The number of ether oxygens (including phenoxy) is 3. The monoisotopic (exact) mass is 512 g/mol. The van der Waals surface area contributed by atoms with Crippen LogP contribution >= 0.6 is 0 Å². The number of Topliss-reactive ketones (excluding diaryl/α,β-unsaturated/α-hetero) is 1. The summed E-state index contributed by atoms with van der Waals surface area (Å²) in [5.41, 5.74) is -0.963. The first-order chi connectivity index (χ1) is 18.4. The van der Waals surface area contributed by atoms with Crippen molar-refractivity contribution in [2.45, 2.75) is 23.7 Å². The highest BCUT2D eigenvalue weighted by molar-refractivity contribution is 6.22. The molecule has 1 aliphatic carbocycles. The van der Waals surface area contributed by atoms with Gasteiger partial charge in [0.15, 0.2) is 16.6 Å². The number of carbonyl (C=O) groups excluding carboxylic acids is 4. The first kappa shape index (κ1) is 26.5. The van der Waals surface area contributed by atoms with E-state index in [4.69, 9.17) is 14.2 Å². The third kappa shape index (κ3) is 4.20. The third-order valence-corrected chi connectivity index (χ3v) is 7.15. The fourth-order valence-corrected chi connectivity index (χ4v) is 5.20. The zero-order chi connectivity index (χ0) is 27.3. The van der Waals surface area contributed by atoms with E-state index >= 15 is 0 Å². The van der Waals surface area contributed by atoms with Gasteiger partial charge in [-0.25, -0.2) is 0 Å². The van der Waals surface area contributed by atoms with Crippen LogP contribution in [0.2, 0.25) is 0 Å². The molecule has 1 atom stereocenters. The van der Waals surface area contributed by atoms with Crippen LogP contribution in [-0.2, 0) is 39.4 Å². The van der Waals surface area contributed by atoms with Gasteiger partial charge in [-0.2, -0.15) is 0 Å². The maximum absolute atomic E-state index is 13.9. The standard InChI is InChI=1S/C31H28O7/c1-36-27(33)30(28(34)37-2,22-12-6-4-7-13-22)19-18-21-20-31(29(35)38-3,23-14-8-5-9-15-23)26(32)25-17-11-10-16-24(21)25/h4-18H,19-20H2,1-3H3/b21-18-. The molecule has 0 heterocycles. The molecule has 0 aromatic heterocycles. The zero-order valence-electron chi connectivity index (χ0n) is 21.4. The van der Waals surface area contributed by atoms with Crippen LogP contribution in [0.5, 0.6) is 0 Å². The Morgan fingerprint density at radius 2 is 1.29 bits per heavy atom. The van der Waals surface area contributed by atoms with Gasteiger partial charge in [0.1, 0.15) is 0 Å². The number of methoxy groups -OCH3 is 3. The average Bonchev–Trinajstić information content (AvgIpc) is 2.98. The Kier molecular flexibility index (Phi) is 7.57. The minimum absolute atomic E-state index is 0.0211. The molecule has 0 bridgehead atoms. The molecule has 0 spiro atoms. The minimum atomic E-state index is -1.80. The number of carbonyl (C=O) groups is 4. The number of allylic oxidation sites excluding steroid dienone is 2. The molecule has 0 saturated carbocycles. The van der Waals surface area contributed by atoms with Gasteiger partial charge in [0, 0.05) is 12.0 Å². The van der Waals surface area contributed by atoms with Crippen molar-refractivity contribution in [3.8, 4) is 0 Å². The van der Waals surface area contributed by atoms with E-state index in [-0.39, 0.29) is 18.6 Å². The molecule has 7 heteroatoms. The molecule has 3 aromatic carbocycles. The van der Waals surface area contributed by atoms with Crippen molar-refractivity contribution in [3.05, 3.63) is 113 Å². The Balaban J connectivity index is 1.95. The number of esters is 3. The van der Waals surface area contributed by atoms with Gasteiger partial charge in [0.25, 0.3) is 0 Å². The van der Waals surface area contributed by atoms with Gasteiger partial charge >= 0.3 is 17.9 Å². The van der Waals surface area contributed by atoms with Crippen molar-refractivity contribution >= 4 is 29.3 Å². The molecule has 194 valence electrons. The molecular weight excluding hydrogens is 484 g/mol. The van der Waals surface area contributed by atoms with E-state index < -0.39 is 28.7 Å². The van der Waals surface area contributed by atoms with Crippen LogP contribution in [0.3, 0.4) is 0 Å². The van der Waals surface area contributed by atoms with Crippen molar-refractivity contribution in [2.75, 3.05) is 21.3 Å². The molecule has 0 aliphatic heterocycles. The SMILES string of the molecule is COC(=O)C(C/C=C1/CC(C(=O)OC)(c2ccccc2)C(=O)c2ccccc21)(C(=O)OC)c1ccccc1. The highest BCUT2D eigenvalue weighted by Gasteiger charge is 2.54. The summed E-state index contributed by atoms with van der Waals surface area (Å²) in [4.78, 5) is 53.8. The first-order valence-corrected chi connectivity index (χ1v) is 12.1. The van der Waals surface area contributed by atoms with Crippen molar-refractivity contribution < 1.29 is 33.4 Å². The van der Waals surface area contributed by atoms with Crippen LogP contribution in [-0.4, -0.2) is 45.0 Å². The second-order valence-corrected chi connectivity index (χ2v) is 9.00. The van der Waals surface area contributed by atoms with Gasteiger partial charge in [-0.15, -0.1) is 0 Å². The van der Waals surface area contributed by atoms with E-state index in [9.17, 15) is 19.2 Å². The number of benzene rings is 3. The predicted octanol–water partition coefficient (Wildman–Crippen LogP) is 4.44. The summed E-state index contributed by atoms with van der Waals surface area (Å²) in [7, 11) is 3.67. The molecular formula is C31H28O7. The molecule has 0 radical (unpaired) electrons. The second kappa shape index (κ2) is 10.8. The number of rotatable bonds is 7. The molecule has 7 nitrogen and oxygen atoms in total. The van der Waals surface area contributed by atoms with E-state index in [0.29, 0.717) is 27.8 Å². The molecule has 4 rings (SSSR count). The molecule has 1 aliphatic rings. The maximum Gasteiger partial charge on any atom is 0.328 e. The van der Waals surface area contributed by atoms with Gasteiger partial charge in [0.05, 0.1) is 21.3 Å². The maximum atomic E-state index is 13.9. The zero-order valence-corrected chi connectivity index (χ0v) is 21.4. The van der Waals surface area contributed by atoms with Crippen molar-refractivity contribution in [1.29, 1.82) is 0 Å². The Hall–Kier alpha value is -4.52. The van der Waals surface area contributed by atoms with E-state index in [1.54, 1.807) is 91.0 Å². The summed E-state index contributed by atoms with van der Waals surface area (Å²) in [6, 6.07) is 24.2. The van der Waals surface area contributed by atoms with Crippen molar-refractivity contribution in [3.63, 3.8) is 0 Å². The van der Waals surface area contributed by atoms with E-state index in [0.717, 1.165) is 0 Å². The number of hydrogen-bond donors (Lipinski definition) is 0. The van der Waals surface area contributed by atoms with E-state index in [1.165, 1.54) is 21.3 Å². The second-order valence-electron chi connectivity index (χ2n) is 9.00. The molecule has 0 N–H and O–H groups in total. The Morgan fingerprint density at radius 3 is 1.84 bits per heavy atom. The summed E-state index contributed by atoms with van der Waals surface area (Å²) in [5, 5.41) is 0. The fourth-order valence-electron chi connectivity index (χ4n) is 5.20. The molecule has 0 fully saturated rings. The van der Waals surface area contributed by atoms with E-state index in [1.807, 2.05) is 0 Å². The number of hydrogen-bond acceptors (Lipinski definition) is 7. The highest BCUT2D eigenvalue weighted by atomic mass is 16.5. The van der Waals surface area contributed by atoms with Gasteiger partial charge in [-0.05, 0) is 28.7 Å². The Morgan fingerprint density at radius 1 is 0.763 bits per heavy atom. The number of fused-ring (bicyclic) bond motifs is 1. The molecule has 38 heavy (non-hydrogen) atoms. The van der Waals surface area contributed by atoms with Crippen molar-refractivity contribution in [2.24, 2.45) is 0 Å². The molecule has 0 saturated heterocycles.